The van der Waals surface area contributed by atoms with Crippen LogP contribution >= 0.6 is 0 Å². The highest BCUT2D eigenvalue weighted by Crippen LogP contribution is 2.33. The van der Waals surface area contributed by atoms with E-state index in [0.29, 0.717) is 33.5 Å². The maximum absolute atomic E-state index is 8.71. The van der Waals surface area contributed by atoms with Gasteiger partial charge in [0.25, 0.3) is 0 Å². The molecule has 0 aliphatic rings. The number of rotatable bonds is 9. The highest BCUT2D eigenvalue weighted by atomic mass is 28.3. The number of hydrogen-bond donors (Lipinski definition) is 0. The fourth-order valence-corrected chi connectivity index (χ4v) is 14.0. The highest BCUT2D eigenvalue weighted by Gasteiger charge is 2.24. The van der Waals surface area contributed by atoms with Crippen LogP contribution in [0, 0.1) is 74.3 Å². The number of hydrogen-bond acceptors (Lipinski definition) is 0. The van der Waals surface area contributed by atoms with Crippen LogP contribution in [0.3, 0.4) is 0 Å². The van der Waals surface area contributed by atoms with Crippen molar-refractivity contribution in [1.82, 2.24) is 0 Å². The summed E-state index contributed by atoms with van der Waals surface area (Å²) >= 11 is 0. The Bertz CT molecular complexity index is 4440. The van der Waals surface area contributed by atoms with Crippen LogP contribution in [0.5, 0.6) is 0 Å². The molecule has 4 heterocycles. The molecule has 9 aromatic rings. The summed E-state index contributed by atoms with van der Waals surface area (Å²) in [6, 6.07) is 43.4. The van der Waals surface area contributed by atoms with Crippen molar-refractivity contribution in [2.45, 2.75) is 155 Å². The van der Waals surface area contributed by atoms with Crippen molar-refractivity contribution < 1.29 is 41.6 Å². The van der Waals surface area contributed by atoms with Gasteiger partial charge >= 0.3 is 0 Å². The summed E-state index contributed by atoms with van der Waals surface area (Å²) in [5, 5.41) is 4.19. The van der Waals surface area contributed by atoms with Crippen molar-refractivity contribution in [3.63, 3.8) is 0 Å². The molecule has 0 amide bonds. The fourth-order valence-electron chi connectivity index (χ4n) is 10.3. The quantitative estimate of drug-likeness (QED) is 0.101. The van der Waals surface area contributed by atoms with Gasteiger partial charge in [-0.2, -0.15) is 0 Å². The summed E-state index contributed by atoms with van der Waals surface area (Å²) in [4.78, 5) is 0. The summed E-state index contributed by atoms with van der Waals surface area (Å²) in [7, 11) is 3.41. The first-order chi connectivity index (χ1) is 46.3. The molecule has 4 aromatic heterocycles. The molecule has 4 nitrogen and oxygen atoms in total. The van der Waals surface area contributed by atoms with Gasteiger partial charge in [0.05, 0.1) is 24.2 Å². The third kappa shape index (κ3) is 17.7. The maximum atomic E-state index is 8.71. The normalized spacial score (nSPS) is 15.6. The largest absolute Gasteiger partial charge is 0.212 e. The zero-order valence-corrected chi connectivity index (χ0v) is 57.8. The molecule has 9 rings (SSSR count). The van der Waals surface area contributed by atoms with E-state index in [9.17, 15) is 0 Å². The van der Waals surface area contributed by atoms with Crippen LogP contribution < -0.4 is 33.8 Å². The fraction of sp³-hybridized carbons (Fsp3) is 0.359. The summed E-state index contributed by atoms with van der Waals surface area (Å²) in [6.45, 7) is 25.3. The predicted molar refractivity (Wildman–Crippen MR) is 377 cm³/mol. The van der Waals surface area contributed by atoms with E-state index in [4.69, 9.17) is 23.3 Å². The molecule has 446 valence electrons. The van der Waals surface area contributed by atoms with Crippen molar-refractivity contribution in [2.24, 2.45) is 33.6 Å². The molecule has 0 saturated heterocycles. The first kappa shape index (κ1) is 46.6. The van der Waals surface area contributed by atoms with Crippen molar-refractivity contribution in [1.29, 1.82) is 0 Å². The summed E-state index contributed by atoms with van der Waals surface area (Å²) in [5.41, 5.74) is 15.4. The third-order valence-corrected chi connectivity index (χ3v) is 21.5. The van der Waals surface area contributed by atoms with Gasteiger partial charge in [0.1, 0.15) is 28.2 Å². The minimum absolute atomic E-state index is 0.112. The molecule has 0 bridgehead atoms. The van der Waals surface area contributed by atoms with Crippen molar-refractivity contribution in [2.75, 3.05) is 0 Å². The summed E-state index contributed by atoms with van der Waals surface area (Å²) < 4.78 is 141. The Hall–Kier alpha value is -6.65. The van der Waals surface area contributed by atoms with Gasteiger partial charge < -0.3 is 0 Å². The van der Waals surface area contributed by atoms with E-state index in [1.165, 1.54) is 39.0 Å². The second-order valence-electron chi connectivity index (χ2n) is 27.1. The Kier molecular flexibility index (Phi) is 15.0. The summed E-state index contributed by atoms with van der Waals surface area (Å²) in [5.74, 6) is 0. The van der Waals surface area contributed by atoms with Gasteiger partial charge in [0.2, 0.25) is 22.8 Å². The Morgan fingerprint density at radius 3 is 1.29 bits per heavy atom. The molecule has 0 N–H and O–H groups in total. The molecule has 0 spiro atoms. The summed E-state index contributed by atoms with van der Waals surface area (Å²) in [6.07, 6.45) is 5.32. The minimum atomic E-state index is -2.49. The van der Waals surface area contributed by atoms with Gasteiger partial charge in [-0.3, -0.25) is 0 Å². The Morgan fingerprint density at radius 2 is 0.824 bits per heavy atom. The average Bonchev–Trinajstić information content (AvgIpc) is 0.766. The van der Waals surface area contributed by atoms with E-state index in [1.807, 2.05) is 143 Å². The number of benzene rings is 5. The SMILES string of the molecule is [2H]C([2H])([2H])c1cc(-c2ccc([Si](C)(C)C)cc2C)[n+](C)cc1C([2H])([2H])[2H].[2H]C([2H])([2H])c1cc(C)c(-c2cc(C)c(C([2H])([2H])C(C)(C)C)c[n+]2C)cc1-c1ccccc1.[2H]C([2H])([2H])c1cc[n+](C)c(-c2ccc([Si](C)(C)C)cc2C)c1.[2H]C([2H])([2H])c1ccc(-c2ccc([Si](C)(C)C)cc2C)[n+](C)c1. The molecule has 0 aliphatic carbocycles. The van der Waals surface area contributed by atoms with Gasteiger partial charge in [-0.1, -0.05) is 168 Å². The highest BCUT2D eigenvalue weighted by molar-refractivity contribution is 6.89. The smallest absolute Gasteiger partial charge is 0.201 e. The molecular weight excluding hydrogens is 1080 g/mol. The van der Waals surface area contributed by atoms with Gasteiger partial charge in [0.15, 0.2) is 24.8 Å². The predicted octanol–water partition coefficient (Wildman–Crippen LogP) is 16.7. The van der Waals surface area contributed by atoms with E-state index in [0.717, 1.165) is 61.6 Å². The molecule has 0 unspecified atom stereocenters. The average molecular weight is 1200 g/mol. The molecule has 0 atom stereocenters. The number of nitrogens with zero attached hydrogens (tertiary/aromatic N) is 4. The second kappa shape index (κ2) is 27.4. The first-order valence-corrected chi connectivity index (χ1v) is 39.9. The molecule has 85 heavy (non-hydrogen) atoms. The van der Waals surface area contributed by atoms with E-state index < -0.39 is 70.3 Å². The maximum Gasteiger partial charge on any atom is 0.212 e. The lowest BCUT2D eigenvalue weighted by atomic mass is 9.86. The van der Waals surface area contributed by atoms with Crippen molar-refractivity contribution in [3.8, 4) is 56.2 Å². The molecule has 7 heteroatoms. The van der Waals surface area contributed by atoms with Crippen molar-refractivity contribution >= 4 is 39.8 Å². The molecule has 0 saturated carbocycles. The van der Waals surface area contributed by atoms with E-state index in [-0.39, 0.29) is 11.1 Å². The van der Waals surface area contributed by atoms with Crippen LogP contribution in [0.4, 0.5) is 0 Å². The molecule has 5 aromatic carbocycles. The minimum Gasteiger partial charge on any atom is -0.201 e. The topological polar surface area (TPSA) is 15.5 Å². The Labute approximate surface area is 543 Å². The van der Waals surface area contributed by atoms with Crippen LogP contribution in [-0.4, -0.2) is 24.2 Å². The lowest BCUT2D eigenvalue weighted by Gasteiger charge is -2.19. The zero-order chi connectivity index (χ0) is 77.6. The number of pyridine rings is 4. The van der Waals surface area contributed by atoms with E-state index >= 15 is 0 Å². The van der Waals surface area contributed by atoms with Gasteiger partial charge in [-0.15, -0.1) is 0 Å². The zero-order valence-electron chi connectivity index (χ0n) is 71.8. The van der Waals surface area contributed by atoms with Gasteiger partial charge in [-0.05, 0) is 167 Å². The Balaban J connectivity index is 0.000000216. The van der Waals surface area contributed by atoms with Crippen LogP contribution in [0.2, 0.25) is 58.9 Å². The van der Waals surface area contributed by atoms with E-state index in [1.54, 1.807) is 42.1 Å². The molecule has 0 radical (unpaired) electrons. The van der Waals surface area contributed by atoms with Crippen molar-refractivity contribution in [3.05, 3.63) is 219 Å². The molecule has 0 aliphatic heterocycles. The molecule has 0 fully saturated rings. The monoisotopic (exact) mass is 1200 g/mol. The Morgan fingerprint density at radius 1 is 0.365 bits per heavy atom. The lowest BCUT2D eigenvalue weighted by molar-refractivity contribution is -0.661. The first-order valence-electron chi connectivity index (χ1n) is 37.9. The van der Waals surface area contributed by atoms with E-state index in [2.05, 4.69) is 121 Å². The van der Waals surface area contributed by atoms with Crippen LogP contribution in [-0.2, 0) is 34.6 Å². The third-order valence-electron chi connectivity index (χ3n) is 15.4. The van der Waals surface area contributed by atoms with Gasteiger partial charge in [-0.25, -0.2) is 18.3 Å². The standard InChI is InChI=1S/C26H32N.C18H26NSi.2C17H24NSi/c1-18-14-25(27(7)17-22(18)16-26(4,5)6)24-15-23(19(2)13-20(24)3)21-11-9-8-10-12-21;1-13-11-18(19(4)12-15(13)3)17-9-8-16(10-14(17)2)20(5,6)7;1-13-7-10-17(18(3)12-13)16-9-8-15(11-14(16)2)19(4,5)6;1-13-9-10-18(3)17(11-13)16-8-7-15(12-14(16)2)19(4,5)6/h8-15,17H,16H2,1-7H3;8-12H,1-7H3;2*7-12H,1-6H3/q4*+1/i2D3,16D2;1D3,3D3;2*1D3. The lowest BCUT2D eigenvalue weighted by Crippen LogP contribution is -2.38. The van der Waals surface area contributed by atoms with Crippen LogP contribution in [0.25, 0.3) is 56.2 Å². The van der Waals surface area contributed by atoms with Crippen LogP contribution in [0.1, 0.15) is 105 Å². The molecular formula is C78H106N4Si3+4. The second-order valence-corrected chi connectivity index (χ2v) is 42.3. The van der Waals surface area contributed by atoms with Crippen LogP contribution in [0.15, 0.2) is 158 Å². The van der Waals surface area contributed by atoms with Gasteiger partial charge in [0, 0.05) is 92.6 Å². The number of aromatic nitrogens is 4. The number of aryl methyl sites for hydroxylation is 14.